The lowest BCUT2D eigenvalue weighted by Crippen LogP contribution is -2.42. The summed E-state index contributed by atoms with van der Waals surface area (Å²) in [7, 11) is 0. The number of amides is 1. The molecule has 6 heteroatoms. The van der Waals surface area contributed by atoms with Crippen molar-refractivity contribution in [1.29, 1.82) is 0 Å². The number of benzene rings is 1. The Bertz CT molecular complexity index is 475. The summed E-state index contributed by atoms with van der Waals surface area (Å²) in [6.45, 7) is 3.50. The number of nitrogens with zero attached hydrogens (tertiary/aromatic N) is 1. The highest BCUT2D eigenvalue weighted by Gasteiger charge is 2.21. The third kappa shape index (κ3) is 5.81. The van der Waals surface area contributed by atoms with Gasteiger partial charge in [0.25, 0.3) is 0 Å². The minimum absolute atomic E-state index is 0.0784. The van der Waals surface area contributed by atoms with Crippen LogP contribution in [-0.2, 0) is 9.59 Å². The first-order valence-electron chi connectivity index (χ1n) is 6.83. The summed E-state index contributed by atoms with van der Waals surface area (Å²) in [5.74, 6) is -1.20. The quantitative estimate of drug-likeness (QED) is 0.799. The molecule has 1 amide bonds. The van der Waals surface area contributed by atoms with Crippen molar-refractivity contribution in [2.75, 3.05) is 13.2 Å². The van der Waals surface area contributed by atoms with E-state index in [1.807, 2.05) is 13.8 Å². The molecule has 0 fully saturated rings. The van der Waals surface area contributed by atoms with Crippen LogP contribution in [0.3, 0.4) is 0 Å². The molecule has 1 unspecified atom stereocenters. The Labute approximate surface area is 123 Å². The van der Waals surface area contributed by atoms with E-state index in [2.05, 4.69) is 0 Å². The Hall–Kier alpha value is -2.11. The molecule has 0 spiro atoms. The van der Waals surface area contributed by atoms with Gasteiger partial charge in [-0.2, -0.15) is 0 Å². The van der Waals surface area contributed by atoms with Gasteiger partial charge >= 0.3 is 5.97 Å². The molecule has 0 aromatic heterocycles. The Morgan fingerprint density at radius 1 is 1.33 bits per heavy atom. The Kier molecular flexibility index (Phi) is 6.65. The van der Waals surface area contributed by atoms with Crippen molar-refractivity contribution in [3.05, 3.63) is 30.1 Å². The first kappa shape index (κ1) is 16.9. The van der Waals surface area contributed by atoms with Crippen LogP contribution in [0.2, 0.25) is 0 Å². The molecular weight excluding hydrogens is 277 g/mol. The normalized spacial score (nSPS) is 11.8. The van der Waals surface area contributed by atoms with Gasteiger partial charge in [0.05, 0.1) is 13.0 Å². The van der Waals surface area contributed by atoms with Crippen molar-refractivity contribution < 1.29 is 23.8 Å². The van der Waals surface area contributed by atoms with Crippen molar-refractivity contribution in [2.24, 2.45) is 0 Å². The fraction of sp³-hybridized carbons (Fsp3) is 0.467. The molecule has 1 atom stereocenters. The molecule has 0 aliphatic carbocycles. The smallest absolute Gasteiger partial charge is 0.323 e. The SMILES string of the molecule is CCC(C)N(CC(=O)O)C(=O)CCOc1ccc(F)cc1. The van der Waals surface area contributed by atoms with Gasteiger partial charge in [-0.15, -0.1) is 0 Å². The number of rotatable bonds is 8. The number of carboxylic acids is 1. The minimum Gasteiger partial charge on any atom is -0.493 e. The van der Waals surface area contributed by atoms with Gasteiger partial charge < -0.3 is 14.7 Å². The fourth-order valence-corrected chi connectivity index (χ4v) is 1.79. The predicted octanol–water partition coefficient (Wildman–Crippen LogP) is 2.31. The van der Waals surface area contributed by atoms with E-state index in [4.69, 9.17) is 9.84 Å². The number of halogens is 1. The van der Waals surface area contributed by atoms with Gasteiger partial charge in [-0.05, 0) is 37.6 Å². The maximum absolute atomic E-state index is 12.7. The Balaban J connectivity index is 2.49. The van der Waals surface area contributed by atoms with E-state index in [-0.39, 0.29) is 37.3 Å². The summed E-state index contributed by atoms with van der Waals surface area (Å²) in [5, 5.41) is 8.85. The van der Waals surface area contributed by atoms with Crippen molar-refractivity contribution >= 4 is 11.9 Å². The molecule has 0 aliphatic heterocycles. The highest BCUT2D eigenvalue weighted by molar-refractivity contribution is 5.81. The van der Waals surface area contributed by atoms with Crippen molar-refractivity contribution in [3.63, 3.8) is 0 Å². The number of ether oxygens (including phenoxy) is 1. The lowest BCUT2D eigenvalue weighted by molar-refractivity contribution is -0.146. The summed E-state index contributed by atoms with van der Waals surface area (Å²) in [4.78, 5) is 24.2. The van der Waals surface area contributed by atoms with Crippen LogP contribution >= 0.6 is 0 Å². The molecular formula is C15H20FNO4. The van der Waals surface area contributed by atoms with Crippen LogP contribution in [0.4, 0.5) is 4.39 Å². The molecule has 0 saturated heterocycles. The second-order valence-electron chi connectivity index (χ2n) is 4.73. The molecule has 0 heterocycles. The molecule has 1 aromatic rings. The van der Waals surface area contributed by atoms with E-state index in [0.29, 0.717) is 12.2 Å². The molecule has 0 aliphatic rings. The van der Waals surface area contributed by atoms with Crippen molar-refractivity contribution in [2.45, 2.75) is 32.7 Å². The highest BCUT2D eigenvalue weighted by Crippen LogP contribution is 2.12. The number of carboxylic acid groups (broad SMARTS) is 1. The van der Waals surface area contributed by atoms with Gasteiger partial charge in [0.1, 0.15) is 18.1 Å². The molecule has 21 heavy (non-hydrogen) atoms. The molecule has 116 valence electrons. The van der Waals surface area contributed by atoms with Gasteiger partial charge in [-0.25, -0.2) is 4.39 Å². The Morgan fingerprint density at radius 2 is 1.95 bits per heavy atom. The van der Waals surface area contributed by atoms with Crippen LogP contribution in [0, 0.1) is 5.82 Å². The zero-order valence-electron chi connectivity index (χ0n) is 12.2. The number of hydrogen-bond acceptors (Lipinski definition) is 3. The monoisotopic (exact) mass is 297 g/mol. The maximum atomic E-state index is 12.7. The molecule has 1 N–H and O–H groups in total. The molecule has 1 rings (SSSR count). The van der Waals surface area contributed by atoms with Crippen LogP contribution in [0.5, 0.6) is 5.75 Å². The number of hydrogen-bond donors (Lipinski definition) is 1. The first-order valence-corrected chi connectivity index (χ1v) is 6.83. The second kappa shape index (κ2) is 8.24. The summed E-state index contributed by atoms with van der Waals surface area (Å²) >= 11 is 0. The third-order valence-electron chi connectivity index (χ3n) is 3.15. The molecule has 0 radical (unpaired) electrons. The summed E-state index contributed by atoms with van der Waals surface area (Å²) < 4.78 is 18.1. The lowest BCUT2D eigenvalue weighted by Gasteiger charge is -2.27. The fourth-order valence-electron chi connectivity index (χ4n) is 1.79. The molecule has 5 nitrogen and oxygen atoms in total. The topological polar surface area (TPSA) is 66.8 Å². The zero-order valence-corrected chi connectivity index (χ0v) is 12.2. The van der Waals surface area contributed by atoms with Gasteiger partial charge in [0.2, 0.25) is 5.91 Å². The second-order valence-corrected chi connectivity index (χ2v) is 4.73. The number of carbonyl (C=O) groups is 2. The van der Waals surface area contributed by atoms with E-state index in [1.54, 1.807) is 0 Å². The summed E-state index contributed by atoms with van der Waals surface area (Å²) in [5.41, 5.74) is 0. The standard InChI is InChI=1S/C15H20FNO4/c1-3-11(2)17(10-15(19)20)14(18)8-9-21-13-6-4-12(16)5-7-13/h4-7,11H,3,8-10H2,1-2H3,(H,19,20). The predicted molar refractivity (Wildman–Crippen MR) is 75.6 cm³/mol. The van der Waals surface area contributed by atoms with E-state index in [1.165, 1.54) is 29.2 Å². The van der Waals surface area contributed by atoms with E-state index >= 15 is 0 Å². The lowest BCUT2D eigenvalue weighted by atomic mass is 10.2. The van der Waals surface area contributed by atoms with Crippen molar-refractivity contribution in [3.8, 4) is 5.75 Å². The van der Waals surface area contributed by atoms with Crippen LogP contribution in [0.25, 0.3) is 0 Å². The molecule has 0 saturated carbocycles. The summed E-state index contributed by atoms with van der Waals surface area (Å²) in [6, 6.07) is 5.35. The molecule has 0 bridgehead atoms. The van der Waals surface area contributed by atoms with Gasteiger partial charge in [-0.3, -0.25) is 9.59 Å². The van der Waals surface area contributed by atoms with E-state index in [9.17, 15) is 14.0 Å². The number of carbonyl (C=O) groups excluding carboxylic acids is 1. The van der Waals surface area contributed by atoms with Crippen LogP contribution in [0.1, 0.15) is 26.7 Å². The van der Waals surface area contributed by atoms with Crippen LogP contribution in [0.15, 0.2) is 24.3 Å². The summed E-state index contributed by atoms with van der Waals surface area (Å²) in [6.07, 6.45) is 0.757. The third-order valence-corrected chi connectivity index (χ3v) is 3.15. The first-order chi connectivity index (χ1) is 9.93. The van der Waals surface area contributed by atoms with Gasteiger partial charge in [0, 0.05) is 6.04 Å². The van der Waals surface area contributed by atoms with Crippen LogP contribution < -0.4 is 4.74 Å². The van der Waals surface area contributed by atoms with E-state index < -0.39 is 5.97 Å². The zero-order chi connectivity index (χ0) is 15.8. The molecule has 1 aromatic carbocycles. The van der Waals surface area contributed by atoms with Crippen molar-refractivity contribution in [1.82, 2.24) is 4.90 Å². The largest absolute Gasteiger partial charge is 0.493 e. The number of aliphatic carboxylic acids is 1. The van der Waals surface area contributed by atoms with Crippen LogP contribution in [-0.4, -0.2) is 41.1 Å². The van der Waals surface area contributed by atoms with Gasteiger partial charge in [-0.1, -0.05) is 6.92 Å². The minimum atomic E-state index is -1.04. The average molecular weight is 297 g/mol. The maximum Gasteiger partial charge on any atom is 0.323 e. The average Bonchev–Trinajstić information content (AvgIpc) is 2.45. The van der Waals surface area contributed by atoms with Gasteiger partial charge in [0.15, 0.2) is 0 Å². The Morgan fingerprint density at radius 3 is 2.48 bits per heavy atom. The highest BCUT2D eigenvalue weighted by atomic mass is 19.1. The van der Waals surface area contributed by atoms with E-state index in [0.717, 1.165) is 0 Å².